The fourth-order valence-electron chi connectivity index (χ4n) is 3.71. The Bertz CT molecular complexity index is 734. The molecule has 0 saturated carbocycles. The van der Waals surface area contributed by atoms with Crippen LogP contribution in [-0.4, -0.2) is 68.9 Å². The van der Waals surface area contributed by atoms with Gasteiger partial charge in [-0.15, -0.1) is 0 Å². The number of anilines is 1. The SMILES string of the molecule is CCO[C@@H](C1=CC2C(C)=NN(c3ccccc3)C2N=C1)[C@H](OC)[C@@H](O)COC. The van der Waals surface area contributed by atoms with Crippen LogP contribution in [0.4, 0.5) is 5.69 Å². The highest BCUT2D eigenvalue weighted by atomic mass is 16.5. The van der Waals surface area contributed by atoms with Crippen molar-refractivity contribution in [3.8, 4) is 0 Å². The molecule has 1 aromatic rings. The minimum atomic E-state index is -0.808. The van der Waals surface area contributed by atoms with E-state index in [0.717, 1.165) is 17.0 Å². The summed E-state index contributed by atoms with van der Waals surface area (Å²) in [5.74, 6) is 0.0419. The predicted octanol–water partition coefficient (Wildman–Crippen LogP) is 2.26. The zero-order valence-corrected chi connectivity index (χ0v) is 16.9. The number of aliphatic hydroxyl groups excluding tert-OH is 1. The van der Waals surface area contributed by atoms with Crippen molar-refractivity contribution in [2.75, 3.05) is 32.4 Å². The van der Waals surface area contributed by atoms with Crippen LogP contribution in [0.5, 0.6) is 0 Å². The molecule has 0 saturated heterocycles. The lowest BCUT2D eigenvalue weighted by Crippen LogP contribution is -2.45. The molecule has 2 aliphatic heterocycles. The molecule has 28 heavy (non-hydrogen) atoms. The maximum absolute atomic E-state index is 10.4. The molecule has 7 heteroatoms. The fourth-order valence-corrected chi connectivity index (χ4v) is 3.71. The van der Waals surface area contributed by atoms with Crippen LogP contribution in [0.25, 0.3) is 0 Å². The number of nitrogens with zero attached hydrogens (tertiary/aromatic N) is 3. The molecule has 0 aromatic heterocycles. The second kappa shape index (κ2) is 9.43. The zero-order valence-electron chi connectivity index (χ0n) is 16.9. The fraction of sp³-hybridized carbons (Fsp3) is 0.524. The zero-order chi connectivity index (χ0) is 20.1. The van der Waals surface area contributed by atoms with E-state index in [9.17, 15) is 5.11 Å². The number of rotatable bonds is 9. The van der Waals surface area contributed by atoms with Crippen LogP contribution in [-0.2, 0) is 14.2 Å². The number of dihydropyridines is 1. The molecular weight excluding hydrogens is 358 g/mol. The summed E-state index contributed by atoms with van der Waals surface area (Å²) in [6.07, 6.45) is 2.03. The third-order valence-corrected chi connectivity index (χ3v) is 5.05. The molecule has 0 bridgehead atoms. The number of hydrogen-bond donors (Lipinski definition) is 1. The molecule has 2 aliphatic rings. The number of hydrogen-bond acceptors (Lipinski definition) is 7. The minimum Gasteiger partial charge on any atom is -0.388 e. The number of ether oxygens (including phenoxy) is 3. The summed E-state index contributed by atoms with van der Waals surface area (Å²) < 4.78 is 16.6. The molecule has 0 aliphatic carbocycles. The van der Waals surface area contributed by atoms with Crippen LogP contribution in [0.1, 0.15) is 13.8 Å². The average Bonchev–Trinajstić information content (AvgIpc) is 3.05. The first-order valence-corrected chi connectivity index (χ1v) is 9.56. The van der Waals surface area contributed by atoms with Gasteiger partial charge in [0.2, 0.25) is 0 Å². The topological polar surface area (TPSA) is 75.9 Å². The molecule has 1 N–H and O–H groups in total. The Kier molecular flexibility index (Phi) is 6.96. The van der Waals surface area contributed by atoms with Gasteiger partial charge in [-0.1, -0.05) is 24.3 Å². The first-order valence-electron chi connectivity index (χ1n) is 9.56. The van der Waals surface area contributed by atoms with Gasteiger partial charge in [-0.3, -0.25) is 4.99 Å². The molecule has 5 atom stereocenters. The van der Waals surface area contributed by atoms with Crippen molar-refractivity contribution >= 4 is 17.6 Å². The van der Waals surface area contributed by atoms with Gasteiger partial charge in [0.05, 0.1) is 18.2 Å². The summed E-state index contributed by atoms with van der Waals surface area (Å²) in [6.45, 7) is 4.59. The van der Waals surface area contributed by atoms with Crippen molar-refractivity contribution in [3.05, 3.63) is 42.0 Å². The third-order valence-electron chi connectivity index (χ3n) is 5.05. The van der Waals surface area contributed by atoms with Gasteiger partial charge in [0.1, 0.15) is 18.3 Å². The number of hydrazone groups is 1. The van der Waals surface area contributed by atoms with E-state index in [4.69, 9.17) is 24.3 Å². The Balaban J connectivity index is 1.85. The monoisotopic (exact) mass is 387 g/mol. The summed E-state index contributed by atoms with van der Waals surface area (Å²) >= 11 is 0. The van der Waals surface area contributed by atoms with Crippen LogP contribution in [0.2, 0.25) is 0 Å². The van der Waals surface area contributed by atoms with Crippen LogP contribution in [0, 0.1) is 5.92 Å². The molecular formula is C21H29N3O4. The highest BCUT2D eigenvalue weighted by Gasteiger charge is 2.39. The van der Waals surface area contributed by atoms with E-state index in [-0.39, 0.29) is 18.7 Å². The quantitative estimate of drug-likeness (QED) is 0.703. The van der Waals surface area contributed by atoms with Crippen molar-refractivity contribution in [2.45, 2.75) is 38.3 Å². The summed E-state index contributed by atoms with van der Waals surface area (Å²) in [4.78, 5) is 4.78. The van der Waals surface area contributed by atoms with Crippen LogP contribution >= 0.6 is 0 Å². The molecule has 7 nitrogen and oxygen atoms in total. The van der Waals surface area contributed by atoms with E-state index < -0.39 is 18.3 Å². The smallest absolute Gasteiger partial charge is 0.153 e. The average molecular weight is 387 g/mol. The van der Waals surface area contributed by atoms with E-state index in [2.05, 4.69) is 6.08 Å². The van der Waals surface area contributed by atoms with Crippen molar-refractivity contribution < 1.29 is 19.3 Å². The standard InChI is InChI=1S/C21H29N3O4/c1-5-28-19(20(27-4)18(25)13-26-3)15-11-17-14(2)23-24(21(17)22-12-15)16-9-7-6-8-10-16/h6-12,17-21,25H,5,13H2,1-4H3/t17?,18-,19-,20+,21?/m0/s1. The largest absolute Gasteiger partial charge is 0.388 e. The van der Waals surface area contributed by atoms with Crippen molar-refractivity contribution in [1.82, 2.24) is 0 Å². The van der Waals surface area contributed by atoms with Crippen molar-refractivity contribution in [3.63, 3.8) is 0 Å². The van der Waals surface area contributed by atoms with Gasteiger partial charge in [0.25, 0.3) is 0 Å². The number of benzene rings is 1. The Hall–Kier alpha value is -2.06. The van der Waals surface area contributed by atoms with Crippen LogP contribution < -0.4 is 5.01 Å². The van der Waals surface area contributed by atoms with E-state index >= 15 is 0 Å². The number of aliphatic hydroxyl groups is 1. The molecule has 152 valence electrons. The maximum atomic E-state index is 10.4. The first kappa shape index (κ1) is 20.7. The number of para-hydroxylation sites is 1. The van der Waals surface area contributed by atoms with Gasteiger partial charge in [-0.25, -0.2) is 5.01 Å². The van der Waals surface area contributed by atoms with Crippen molar-refractivity contribution in [2.24, 2.45) is 16.0 Å². The maximum Gasteiger partial charge on any atom is 0.153 e. The summed E-state index contributed by atoms with van der Waals surface area (Å²) in [5.41, 5.74) is 2.88. The number of aliphatic imine (C=N–C) groups is 1. The highest BCUT2D eigenvalue weighted by Crippen LogP contribution is 2.33. The summed E-state index contributed by atoms with van der Waals surface area (Å²) in [7, 11) is 3.12. The molecule has 3 rings (SSSR count). The van der Waals surface area contributed by atoms with E-state index in [0.29, 0.717) is 6.61 Å². The third kappa shape index (κ3) is 4.17. The molecule has 0 radical (unpaired) electrons. The second-order valence-corrected chi connectivity index (χ2v) is 6.90. The van der Waals surface area contributed by atoms with Gasteiger partial charge in [0, 0.05) is 32.8 Å². The van der Waals surface area contributed by atoms with Crippen LogP contribution in [0.15, 0.2) is 52.1 Å². The van der Waals surface area contributed by atoms with Crippen LogP contribution in [0.3, 0.4) is 0 Å². The van der Waals surface area contributed by atoms with Crippen molar-refractivity contribution in [1.29, 1.82) is 0 Å². The Morgan fingerprint density at radius 3 is 2.61 bits per heavy atom. The molecule has 2 unspecified atom stereocenters. The summed E-state index contributed by atoms with van der Waals surface area (Å²) in [5, 5.41) is 17.1. The second-order valence-electron chi connectivity index (χ2n) is 6.90. The predicted molar refractivity (Wildman–Crippen MR) is 110 cm³/mol. The van der Waals surface area contributed by atoms with E-state index in [1.165, 1.54) is 0 Å². The van der Waals surface area contributed by atoms with E-state index in [1.54, 1.807) is 14.2 Å². The minimum absolute atomic E-state index is 0.0419. The number of fused-ring (bicyclic) bond motifs is 1. The Morgan fingerprint density at radius 2 is 1.96 bits per heavy atom. The molecule has 1 aromatic carbocycles. The summed E-state index contributed by atoms with van der Waals surface area (Å²) in [6, 6.07) is 10.0. The molecule has 0 fully saturated rings. The molecule has 2 heterocycles. The molecule has 0 spiro atoms. The van der Waals surface area contributed by atoms with Gasteiger partial charge >= 0.3 is 0 Å². The van der Waals surface area contributed by atoms with Gasteiger partial charge < -0.3 is 19.3 Å². The van der Waals surface area contributed by atoms with E-state index in [1.807, 2.05) is 55.4 Å². The van der Waals surface area contributed by atoms with Gasteiger partial charge in [-0.2, -0.15) is 5.10 Å². The Labute approximate surface area is 166 Å². The lowest BCUT2D eigenvalue weighted by atomic mass is 9.91. The highest BCUT2D eigenvalue weighted by molar-refractivity contribution is 5.94. The normalized spacial score (nSPS) is 24.4. The molecule has 0 amide bonds. The first-order chi connectivity index (χ1) is 13.6. The van der Waals surface area contributed by atoms with Gasteiger partial charge in [0.15, 0.2) is 6.17 Å². The lowest BCUT2D eigenvalue weighted by Gasteiger charge is -2.33. The number of methoxy groups -OCH3 is 2. The lowest BCUT2D eigenvalue weighted by molar-refractivity contribution is -0.106. The Morgan fingerprint density at radius 1 is 1.21 bits per heavy atom. The van der Waals surface area contributed by atoms with Gasteiger partial charge in [-0.05, 0) is 31.6 Å².